The standard InChI is InChI=1S/C71H70Cl3NO18/c1-46(77)30-35-60(78)91-66-65(84-39-50-24-12-5-13-25-50)62(83-38-49-22-10-4-11-23-49)58(42-81-36-47-18-6-2-7-19-47)90-68(66)92-63-59(43-82-37-48-20-8-3-9-21-48)89-67(85-40-51-31-33-52(34-32-51)88-45-76)61(75-69(79)87-44-71(72,73)74)64(63)93-70(80)86-41-57-55-28-16-14-26-53(55)54-27-15-17-29-56(54)57/h2-29,31-34,45,57-59,61-68H,30,35-44H2,1H3,(H,75,79)/t58-,59-,61-,62+,63-,64-,65+,66-,67-,68+/m1/s1. The molecule has 0 bridgehead atoms. The second-order valence-corrected chi connectivity index (χ2v) is 24.8. The number of nitrogens with one attached hydrogen (secondary N) is 1. The molecule has 0 spiro atoms. The van der Waals surface area contributed by atoms with Crippen LogP contribution in [-0.2, 0) is 104 Å². The highest BCUT2D eigenvalue weighted by atomic mass is 35.6. The largest absolute Gasteiger partial charge is 0.508 e. The number of carbonyl (C=O) groups is 5. The zero-order valence-corrected chi connectivity index (χ0v) is 52.9. The Morgan fingerprint density at radius 3 is 1.52 bits per heavy atom. The number of Topliss-reactive ketones (excluding diaryl/α,β-unsaturated/α-hetero) is 1. The van der Waals surface area contributed by atoms with Gasteiger partial charge in [0.2, 0.25) is 3.79 Å². The molecule has 19 nitrogen and oxygen atoms in total. The van der Waals surface area contributed by atoms with E-state index in [1.165, 1.54) is 6.92 Å². The van der Waals surface area contributed by atoms with Crippen LogP contribution in [0.2, 0.25) is 0 Å². The number of rotatable bonds is 30. The first-order chi connectivity index (χ1) is 45.2. The summed E-state index contributed by atoms with van der Waals surface area (Å²) in [6.07, 6.45) is -15.8. The van der Waals surface area contributed by atoms with Crippen LogP contribution in [0.4, 0.5) is 9.59 Å². The maximum Gasteiger partial charge on any atom is 0.508 e. The number of alkyl carbamates (subject to hydrolysis) is 1. The number of alkyl halides is 3. The lowest BCUT2D eigenvalue weighted by atomic mass is 9.94. The fraction of sp³-hybridized carbons (Fsp3) is 0.338. The maximum absolute atomic E-state index is 15.0. The van der Waals surface area contributed by atoms with Gasteiger partial charge >= 0.3 is 18.2 Å². The molecule has 1 amide bonds. The lowest BCUT2D eigenvalue weighted by molar-refractivity contribution is -0.358. The summed E-state index contributed by atoms with van der Waals surface area (Å²) in [7, 11) is 0. The summed E-state index contributed by atoms with van der Waals surface area (Å²) in [5.41, 5.74) is 7.53. The molecule has 93 heavy (non-hydrogen) atoms. The summed E-state index contributed by atoms with van der Waals surface area (Å²) in [5.74, 6) is -1.25. The number of halogens is 3. The molecule has 488 valence electrons. The van der Waals surface area contributed by atoms with Gasteiger partial charge in [-0.3, -0.25) is 9.59 Å². The molecule has 2 fully saturated rings. The molecule has 0 saturated carbocycles. The van der Waals surface area contributed by atoms with E-state index in [1.807, 2.05) is 170 Å². The molecular weight excluding hydrogens is 1260 g/mol. The molecule has 2 saturated heterocycles. The van der Waals surface area contributed by atoms with Gasteiger partial charge in [-0.15, -0.1) is 0 Å². The zero-order valence-electron chi connectivity index (χ0n) is 50.7. The van der Waals surface area contributed by atoms with Gasteiger partial charge in [-0.05, 0) is 69.1 Å². The molecule has 1 aliphatic carbocycles. The zero-order chi connectivity index (χ0) is 64.9. The molecule has 0 radical (unpaired) electrons. The van der Waals surface area contributed by atoms with Crippen LogP contribution < -0.4 is 10.1 Å². The Morgan fingerprint density at radius 2 is 0.978 bits per heavy atom. The van der Waals surface area contributed by atoms with Gasteiger partial charge in [0.25, 0.3) is 6.47 Å². The van der Waals surface area contributed by atoms with E-state index in [0.717, 1.165) is 44.5 Å². The van der Waals surface area contributed by atoms with Crippen molar-refractivity contribution in [3.63, 3.8) is 0 Å². The number of ketones is 1. The van der Waals surface area contributed by atoms with Crippen molar-refractivity contribution < 1.29 is 85.6 Å². The summed E-state index contributed by atoms with van der Waals surface area (Å²) in [6.45, 7) is 0.240. The van der Waals surface area contributed by atoms with Crippen molar-refractivity contribution >= 4 is 65.3 Å². The predicted molar refractivity (Wildman–Crippen MR) is 341 cm³/mol. The third-order valence-corrected chi connectivity index (χ3v) is 15.9. The van der Waals surface area contributed by atoms with Crippen LogP contribution in [0.5, 0.6) is 5.75 Å². The van der Waals surface area contributed by atoms with Crippen LogP contribution in [0.25, 0.3) is 11.1 Å². The molecule has 7 aromatic carbocycles. The van der Waals surface area contributed by atoms with Crippen molar-refractivity contribution in [1.29, 1.82) is 0 Å². The van der Waals surface area contributed by atoms with E-state index in [-0.39, 0.29) is 77.2 Å². The Kier molecular flexibility index (Phi) is 24.8. The summed E-state index contributed by atoms with van der Waals surface area (Å²) in [5, 5.41) is 2.74. The van der Waals surface area contributed by atoms with Crippen LogP contribution >= 0.6 is 34.8 Å². The Hall–Kier alpha value is -7.76. The maximum atomic E-state index is 15.0. The van der Waals surface area contributed by atoms with Gasteiger partial charge < -0.3 is 71.7 Å². The Balaban J connectivity index is 1.08. The number of benzene rings is 7. The predicted octanol–water partition coefficient (Wildman–Crippen LogP) is 12.3. The monoisotopic (exact) mass is 1330 g/mol. The van der Waals surface area contributed by atoms with Crippen molar-refractivity contribution in [2.24, 2.45) is 0 Å². The van der Waals surface area contributed by atoms with Gasteiger partial charge in [0, 0.05) is 12.3 Å². The van der Waals surface area contributed by atoms with Crippen molar-refractivity contribution in [3.05, 3.63) is 233 Å². The van der Waals surface area contributed by atoms with Gasteiger partial charge in [-0.2, -0.15) is 0 Å². The molecular formula is C71H70Cl3NO18. The SMILES string of the molecule is CC(=O)CCC(=O)O[C@H]1[C@H](O[C@H]2[C@H](OC(=O)OCC3c4ccccc4-c4ccccc43)[C@@H](NC(=O)OCC(Cl)(Cl)Cl)[C@H](OCc3ccc(OC=O)cc3)O[C@@H]2COCc2ccccc2)O[C@H](COCc2ccccc2)[C@H](OCc2ccccc2)[C@@H]1OCc1ccccc1. The quantitative estimate of drug-likeness (QED) is 0.0192. The van der Waals surface area contributed by atoms with Gasteiger partial charge in [-0.1, -0.05) is 217 Å². The number of fused-ring (bicyclic) bond motifs is 3. The molecule has 10 atom stereocenters. The molecule has 7 aromatic rings. The lowest BCUT2D eigenvalue weighted by Gasteiger charge is -2.49. The minimum Gasteiger partial charge on any atom is -0.454 e. The Morgan fingerprint density at radius 1 is 0.495 bits per heavy atom. The van der Waals surface area contributed by atoms with Gasteiger partial charge in [0.15, 0.2) is 24.8 Å². The lowest BCUT2D eigenvalue weighted by Crippen LogP contribution is -2.69. The van der Waals surface area contributed by atoms with E-state index >= 15 is 0 Å². The highest BCUT2D eigenvalue weighted by Crippen LogP contribution is 2.45. The number of esters is 1. The van der Waals surface area contributed by atoms with Gasteiger partial charge in [0.05, 0.1) is 52.7 Å². The van der Waals surface area contributed by atoms with Crippen LogP contribution in [0.3, 0.4) is 0 Å². The van der Waals surface area contributed by atoms with E-state index in [2.05, 4.69) is 5.32 Å². The first kappa shape index (κ1) is 68.1. The summed E-state index contributed by atoms with van der Waals surface area (Å²) < 4.78 is 82.1. The van der Waals surface area contributed by atoms with E-state index < -0.39 is 95.9 Å². The fourth-order valence-corrected chi connectivity index (χ4v) is 11.3. The van der Waals surface area contributed by atoms with Crippen molar-refractivity contribution in [2.75, 3.05) is 26.4 Å². The number of amides is 1. The van der Waals surface area contributed by atoms with Gasteiger partial charge in [-0.25, -0.2) is 9.59 Å². The molecule has 1 N–H and O–H groups in total. The smallest absolute Gasteiger partial charge is 0.454 e. The minimum absolute atomic E-state index is 0.0350. The molecule has 22 heteroatoms. The van der Waals surface area contributed by atoms with E-state index in [4.69, 9.17) is 96.4 Å². The highest BCUT2D eigenvalue weighted by molar-refractivity contribution is 6.67. The second-order valence-electron chi connectivity index (χ2n) is 22.3. The number of hydrogen-bond acceptors (Lipinski definition) is 18. The average molecular weight is 1330 g/mol. The molecule has 0 aromatic heterocycles. The third-order valence-electron chi connectivity index (χ3n) is 15.6. The van der Waals surface area contributed by atoms with E-state index in [0.29, 0.717) is 12.0 Å². The topological polar surface area (TPSA) is 217 Å². The third kappa shape index (κ3) is 19.7. The van der Waals surface area contributed by atoms with Gasteiger partial charge in [0.1, 0.15) is 61.3 Å². The summed E-state index contributed by atoms with van der Waals surface area (Å²) in [4.78, 5) is 67.3. The summed E-state index contributed by atoms with van der Waals surface area (Å²) >= 11 is 18.3. The van der Waals surface area contributed by atoms with E-state index in [1.54, 1.807) is 24.3 Å². The molecule has 0 unspecified atom stereocenters. The second kappa shape index (κ2) is 33.9. The molecule has 3 aliphatic rings. The first-order valence-electron chi connectivity index (χ1n) is 30.3. The number of ether oxygens (including phenoxy) is 13. The van der Waals surface area contributed by atoms with Crippen LogP contribution in [0.15, 0.2) is 194 Å². The first-order valence-corrected chi connectivity index (χ1v) is 31.4. The van der Waals surface area contributed by atoms with Crippen molar-refractivity contribution in [3.8, 4) is 16.9 Å². The molecule has 2 aliphatic heterocycles. The van der Waals surface area contributed by atoms with Crippen molar-refractivity contribution in [2.45, 2.75) is 124 Å². The highest BCUT2D eigenvalue weighted by Gasteiger charge is 2.56. The van der Waals surface area contributed by atoms with Crippen LogP contribution in [0.1, 0.15) is 64.6 Å². The fourth-order valence-electron chi connectivity index (χ4n) is 11.1. The molecule has 2 heterocycles. The summed E-state index contributed by atoms with van der Waals surface area (Å²) in [6, 6.07) is 57.9. The van der Waals surface area contributed by atoms with Crippen LogP contribution in [0, 0.1) is 0 Å². The number of carbonyl (C=O) groups excluding carboxylic acids is 5. The average Bonchev–Trinajstić information content (AvgIpc) is 1.77. The normalized spacial score (nSPS) is 21.7. The minimum atomic E-state index is -2.07. The molecule has 10 rings (SSSR count). The Bertz CT molecular complexity index is 3470. The van der Waals surface area contributed by atoms with E-state index in [9.17, 15) is 24.0 Å². The number of hydrogen-bond donors (Lipinski definition) is 1. The Labute approximate surface area is 553 Å². The van der Waals surface area contributed by atoms with Crippen LogP contribution in [-0.4, -0.2) is 122 Å². The van der Waals surface area contributed by atoms with Crippen molar-refractivity contribution in [1.82, 2.24) is 5.32 Å².